The first kappa shape index (κ1) is 23.0. The van der Waals surface area contributed by atoms with Gasteiger partial charge >= 0.3 is 6.18 Å². The molecule has 8 heteroatoms. The Morgan fingerprint density at radius 1 is 1.21 bits per heavy atom. The van der Waals surface area contributed by atoms with Crippen LogP contribution in [0.4, 0.5) is 13.2 Å². The molecular weight excluding hydrogens is 433 g/mol. The summed E-state index contributed by atoms with van der Waals surface area (Å²) < 4.78 is 48.4. The van der Waals surface area contributed by atoms with E-state index in [1.54, 1.807) is 12.1 Å². The zero-order valence-corrected chi connectivity index (χ0v) is 18.2. The lowest BCUT2D eigenvalue weighted by Gasteiger charge is -2.43. The van der Waals surface area contributed by atoms with Gasteiger partial charge in [0.25, 0.3) is 5.91 Å². The average Bonchev–Trinajstić information content (AvgIpc) is 2.76. The SMILES string of the molecule is Cc1ccc(C2=C(C=N)C(=O)N[C@@]3(COCc4cc(OCCCC(F)(F)F)ccc43)C2)cc1. The number of amides is 1. The van der Waals surface area contributed by atoms with Crippen LogP contribution in [-0.2, 0) is 21.7 Å². The third kappa shape index (κ3) is 4.95. The Morgan fingerprint density at radius 2 is 1.97 bits per heavy atom. The lowest BCUT2D eigenvalue weighted by atomic mass is 9.75. The van der Waals surface area contributed by atoms with Gasteiger partial charge in [-0.2, -0.15) is 13.2 Å². The zero-order valence-electron chi connectivity index (χ0n) is 18.2. The van der Waals surface area contributed by atoms with E-state index in [1.165, 1.54) is 0 Å². The second-order valence-electron chi connectivity index (χ2n) is 8.49. The van der Waals surface area contributed by atoms with Crippen molar-refractivity contribution >= 4 is 17.7 Å². The van der Waals surface area contributed by atoms with E-state index < -0.39 is 18.1 Å². The minimum Gasteiger partial charge on any atom is -0.494 e. The molecule has 0 unspecified atom stereocenters. The van der Waals surface area contributed by atoms with Crippen molar-refractivity contribution in [1.82, 2.24) is 5.32 Å². The molecule has 174 valence electrons. The topological polar surface area (TPSA) is 71.4 Å². The Bertz CT molecular complexity index is 1090. The lowest BCUT2D eigenvalue weighted by Crippen LogP contribution is -2.54. The van der Waals surface area contributed by atoms with E-state index >= 15 is 0 Å². The van der Waals surface area contributed by atoms with Gasteiger partial charge in [0.2, 0.25) is 0 Å². The van der Waals surface area contributed by atoms with Gasteiger partial charge in [0.1, 0.15) is 5.75 Å². The van der Waals surface area contributed by atoms with Crippen molar-refractivity contribution in [2.24, 2.45) is 0 Å². The first-order valence-electron chi connectivity index (χ1n) is 10.7. The van der Waals surface area contributed by atoms with Crippen molar-refractivity contribution in [2.75, 3.05) is 13.2 Å². The summed E-state index contributed by atoms with van der Waals surface area (Å²) in [6.45, 7) is 2.54. The summed E-state index contributed by atoms with van der Waals surface area (Å²) in [5.74, 6) is 0.129. The maximum absolute atomic E-state index is 13.0. The molecule has 2 aromatic carbocycles. The summed E-state index contributed by atoms with van der Waals surface area (Å²) in [6, 6.07) is 13.2. The highest BCUT2D eigenvalue weighted by atomic mass is 19.4. The first-order valence-corrected chi connectivity index (χ1v) is 10.7. The molecule has 0 saturated carbocycles. The molecule has 2 aliphatic heterocycles. The van der Waals surface area contributed by atoms with Gasteiger partial charge < -0.3 is 20.2 Å². The van der Waals surface area contributed by atoms with Crippen LogP contribution in [0.25, 0.3) is 5.57 Å². The first-order chi connectivity index (χ1) is 15.7. The Hall–Kier alpha value is -3.13. The Kier molecular flexibility index (Phi) is 6.30. The molecule has 1 amide bonds. The molecule has 0 fully saturated rings. The summed E-state index contributed by atoms with van der Waals surface area (Å²) in [6.07, 6.45) is -3.67. The van der Waals surface area contributed by atoms with E-state index in [1.807, 2.05) is 37.3 Å². The summed E-state index contributed by atoms with van der Waals surface area (Å²) >= 11 is 0. The minimum absolute atomic E-state index is 0.0377. The van der Waals surface area contributed by atoms with Crippen molar-refractivity contribution in [3.63, 3.8) is 0 Å². The highest BCUT2D eigenvalue weighted by Gasteiger charge is 2.44. The zero-order chi connectivity index (χ0) is 23.6. The van der Waals surface area contributed by atoms with Crippen molar-refractivity contribution < 1.29 is 27.4 Å². The fraction of sp³-hybridized carbons (Fsp3) is 0.360. The maximum atomic E-state index is 13.0. The summed E-state index contributed by atoms with van der Waals surface area (Å²) in [5.41, 5.74) is 3.98. The van der Waals surface area contributed by atoms with Gasteiger partial charge in [-0.25, -0.2) is 0 Å². The molecule has 5 nitrogen and oxygen atoms in total. The predicted octanol–water partition coefficient (Wildman–Crippen LogP) is 5.07. The van der Waals surface area contributed by atoms with Gasteiger partial charge in [-0.1, -0.05) is 35.9 Å². The monoisotopic (exact) mass is 458 g/mol. The van der Waals surface area contributed by atoms with E-state index in [9.17, 15) is 18.0 Å². The van der Waals surface area contributed by atoms with Crippen molar-refractivity contribution in [2.45, 2.75) is 44.5 Å². The molecule has 0 radical (unpaired) electrons. The molecule has 2 N–H and O–H groups in total. The van der Waals surface area contributed by atoms with E-state index in [4.69, 9.17) is 14.9 Å². The van der Waals surface area contributed by atoms with Gasteiger partial charge in [-0.05, 0) is 47.7 Å². The number of carbonyl (C=O) groups is 1. The number of ether oxygens (including phenoxy) is 2. The molecule has 4 rings (SSSR count). The normalized spacial score (nSPS) is 20.4. The van der Waals surface area contributed by atoms with Gasteiger partial charge in [0, 0.05) is 19.1 Å². The molecule has 2 heterocycles. The third-order valence-electron chi connectivity index (χ3n) is 6.02. The molecule has 1 atom stereocenters. The second-order valence-corrected chi connectivity index (χ2v) is 8.49. The number of benzene rings is 2. The van der Waals surface area contributed by atoms with Crippen LogP contribution >= 0.6 is 0 Å². The number of carbonyl (C=O) groups excluding carboxylic acids is 1. The molecule has 2 aromatic rings. The van der Waals surface area contributed by atoms with Crippen LogP contribution < -0.4 is 10.1 Å². The van der Waals surface area contributed by atoms with Crippen LogP contribution in [-0.4, -0.2) is 31.5 Å². The number of alkyl halides is 3. The number of nitrogens with one attached hydrogen (secondary N) is 2. The fourth-order valence-corrected chi connectivity index (χ4v) is 4.40. The number of halogens is 3. The summed E-state index contributed by atoms with van der Waals surface area (Å²) in [5, 5.41) is 10.8. The number of rotatable bonds is 6. The Balaban J connectivity index is 1.61. The van der Waals surface area contributed by atoms with Crippen LogP contribution in [0.5, 0.6) is 5.75 Å². The molecule has 2 aliphatic rings. The lowest BCUT2D eigenvalue weighted by molar-refractivity contribution is -0.136. The minimum atomic E-state index is -4.20. The quantitative estimate of drug-likeness (QED) is 0.469. The number of fused-ring (bicyclic) bond motifs is 2. The van der Waals surface area contributed by atoms with Gasteiger partial charge in [0.05, 0.1) is 30.9 Å². The fourth-order valence-electron chi connectivity index (χ4n) is 4.40. The van der Waals surface area contributed by atoms with Crippen molar-refractivity contribution in [3.05, 3.63) is 70.3 Å². The van der Waals surface area contributed by atoms with Crippen LogP contribution in [0.1, 0.15) is 41.5 Å². The highest BCUT2D eigenvalue weighted by molar-refractivity contribution is 6.19. The molecular formula is C25H25F3N2O3. The van der Waals surface area contributed by atoms with Crippen molar-refractivity contribution in [1.29, 1.82) is 5.41 Å². The van der Waals surface area contributed by atoms with Gasteiger partial charge in [-0.3, -0.25) is 4.79 Å². The summed E-state index contributed by atoms with van der Waals surface area (Å²) in [7, 11) is 0. The van der Waals surface area contributed by atoms with E-state index in [-0.39, 0.29) is 25.5 Å². The van der Waals surface area contributed by atoms with E-state index in [2.05, 4.69) is 5.32 Å². The third-order valence-corrected chi connectivity index (χ3v) is 6.02. The molecule has 0 aromatic heterocycles. The number of aryl methyl sites for hydroxylation is 1. The van der Waals surface area contributed by atoms with E-state index in [0.717, 1.165) is 34.0 Å². The number of hydrogen-bond acceptors (Lipinski definition) is 4. The second kappa shape index (κ2) is 9.02. The van der Waals surface area contributed by atoms with Crippen LogP contribution in [0.3, 0.4) is 0 Å². The molecule has 1 spiro atoms. The Labute approximate surface area is 190 Å². The van der Waals surface area contributed by atoms with E-state index in [0.29, 0.717) is 24.4 Å². The van der Waals surface area contributed by atoms with Gasteiger partial charge in [0.15, 0.2) is 0 Å². The maximum Gasteiger partial charge on any atom is 0.389 e. The smallest absolute Gasteiger partial charge is 0.389 e. The molecule has 0 aliphatic carbocycles. The van der Waals surface area contributed by atoms with Crippen LogP contribution in [0.2, 0.25) is 0 Å². The summed E-state index contributed by atoms with van der Waals surface area (Å²) in [4.78, 5) is 13.0. The molecule has 0 saturated heterocycles. The highest BCUT2D eigenvalue weighted by Crippen LogP contribution is 2.42. The van der Waals surface area contributed by atoms with Crippen LogP contribution in [0, 0.1) is 12.3 Å². The average molecular weight is 458 g/mol. The molecule has 33 heavy (non-hydrogen) atoms. The van der Waals surface area contributed by atoms with Crippen molar-refractivity contribution in [3.8, 4) is 5.75 Å². The largest absolute Gasteiger partial charge is 0.494 e. The Morgan fingerprint density at radius 3 is 2.67 bits per heavy atom. The van der Waals surface area contributed by atoms with Crippen LogP contribution in [0.15, 0.2) is 48.0 Å². The van der Waals surface area contributed by atoms with Gasteiger partial charge in [-0.15, -0.1) is 0 Å². The predicted molar refractivity (Wildman–Crippen MR) is 118 cm³/mol. The standard InChI is InChI=1S/C25H25F3N2O3/c1-16-3-5-17(6-4-16)20-12-24(30-23(31)21(20)13-29)15-32-14-18-11-19(7-8-22(18)24)33-10-2-9-25(26,27)28/h3-8,11,13,29H,2,9-10,12,14-15H2,1H3,(H,30,31)/t24-/m1/s1. The number of hydrogen-bond donors (Lipinski definition) is 2. The molecule has 0 bridgehead atoms.